The number of halogens is 3. The van der Waals surface area contributed by atoms with E-state index in [9.17, 15) is 8.78 Å². The van der Waals surface area contributed by atoms with Crippen molar-refractivity contribution >= 4 is 15.9 Å². The van der Waals surface area contributed by atoms with Gasteiger partial charge in [-0.15, -0.1) is 0 Å². The lowest BCUT2D eigenvalue weighted by Gasteiger charge is -2.06. The summed E-state index contributed by atoms with van der Waals surface area (Å²) in [6.07, 6.45) is 1.81. The molecule has 0 aliphatic carbocycles. The van der Waals surface area contributed by atoms with Crippen molar-refractivity contribution in [3.8, 4) is 0 Å². The fourth-order valence-electron chi connectivity index (χ4n) is 1.06. The molecule has 0 aliphatic heterocycles. The van der Waals surface area contributed by atoms with Crippen LogP contribution in [0.5, 0.6) is 0 Å². The molecule has 0 saturated carbocycles. The highest BCUT2D eigenvalue weighted by Gasteiger charge is 2.05. The minimum Gasteiger partial charge on any atom is -0.207 e. The minimum atomic E-state index is -0.537. The summed E-state index contributed by atoms with van der Waals surface area (Å²) in [6, 6.07) is 3.54. The van der Waals surface area contributed by atoms with Gasteiger partial charge in [0.15, 0.2) is 0 Å². The highest BCUT2D eigenvalue weighted by molar-refractivity contribution is 9.11. The lowest BCUT2D eigenvalue weighted by Crippen LogP contribution is -1.91. The zero-order valence-electron chi connectivity index (χ0n) is 7.10. The fourth-order valence-corrected chi connectivity index (χ4v) is 1.52. The van der Waals surface area contributed by atoms with Gasteiger partial charge in [-0.25, -0.2) is 8.78 Å². The summed E-state index contributed by atoms with van der Waals surface area (Å²) in [5.74, 6) is -1.07. The summed E-state index contributed by atoms with van der Waals surface area (Å²) in [6.45, 7) is 1.87. The summed E-state index contributed by atoms with van der Waals surface area (Å²) >= 11 is 3.12. The van der Waals surface area contributed by atoms with Crippen molar-refractivity contribution in [2.24, 2.45) is 0 Å². The monoisotopic (exact) mass is 246 g/mol. The molecule has 0 radical (unpaired) electrons. The quantitative estimate of drug-likeness (QED) is 0.741. The molecule has 0 bridgehead atoms. The van der Waals surface area contributed by atoms with E-state index in [1.54, 1.807) is 4.99 Å². The van der Waals surface area contributed by atoms with Crippen LogP contribution >= 0.6 is 15.9 Å². The van der Waals surface area contributed by atoms with Crippen molar-refractivity contribution in [1.82, 2.24) is 0 Å². The van der Waals surface area contributed by atoms with Gasteiger partial charge in [0.25, 0.3) is 0 Å². The SMILES string of the molecule is CC(/C=C/Br)c1cc(F)cc(F)c1. The van der Waals surface area contributed by atoms with Gasteiger partial charge in [0.1, 0.15) is 11.6 Å². The van der Waals surface area contributed by atoms with Gasteiger partial charge in [-0.1, -0.05) is 28.9 Å². The topological polar surface area (TPSA) is 0 Å². The average Bonchev–Trinajstić information content (AvgIpc) is 2.03. The molecule has 1 rings (SSSR count). The van der Waals surface area contributed by atoms with E-state index in [-0.39, 0.29) is 5.92 Å². The van der Waals surface area contributed by atoms with E-state index >= 15 is 0 Å². The van der Waals surface area contributed by atoms with Gasteiger partial charge in [0.05, 0.1) is 0 Å². The first kappa shape index (κ1) is 10.4. The largest absolute Gasteiger partial charge is 0.207 e. The predicted octanol–water partition coefficient (Wildman–Crippen LogP) is 3.98. The summed E-state index contributed by atoms with van der Waals surface area (Å²) in [4.78, 5) is 1.68. The fraction of sp³-hybridized carbons (Fsp3) is 0.200. The van der Waals surface area contributed by atoms with Crippen LogP contribution in [-0.4, -0.2) is 0 Å². The van der Waals surface area contributed by atoms with Crippen molar-refractivity contribution in [1.29, 1.82) is 0 Å². The predicted molar refractivity (Wildman–Crippen MR) is 52.8 cm³/mol. The highest BCUT2D eigenvalue weighted by atomic mass is 79.9. The molecule has 1 aromatic rings. The van der Waals surface area contributed by atoms with E-state index in [1.807, 2.05) is 13.0 Å². The van der Waals surface area contributed by atoms with Crippen LogP contribution < -0.4 is 0 Å². The Morgan fingerprint density at radius 2 is 1.77 bits per heavy atom. The molecular weight excluding hydrogens is 238 g/mol. The van der Waals surface area contributed by atoms with Crippen LogP contribution in [-0.2, 0) is 0 Å². The Kier molecular flexibility index (Phi) is 3.60. The molecule has 1 unspecified atom stereocenters. The Labute approximate surface area is 84.4 Å². The second-order valence-corrected chi connectivity index (χ2v) is 3.34. The zero-order valence-corrected chi connectivity index (χ0v) is 8.68. The van der Waals surface area contributed by atoms with E-state index in [0.29, 0.717) is 5.56 Å². The third-order valence-corrected chi connectivity index (χ3v) is 2.08. The van der Waals surface area contributed by atoms with Crippen molar-refractivity contribution in [3.05, 3.63) is 46.5 Å². The van der Waals surface area contributed by atoms with Gasteiger partial charge in [0.2, 0.25) is 0 Å². The molecule has 0 amide bonds. The van der Waals surface area contributed by atoms with E-state index < -0.39 is 11.6 Å². The first-order valence-corrected chi connectivity index (χ1v) is 4.78. The van der Waals surface area contributed by atoms with Gasteiger partial charge in [-0.3, -0.25) is 0 Å². The first-order chi connectivity index (χ1) is 6.13. The normalized spacial score (nSPS) is 13.5. The highest BCUT2D eigenvalue weighted by Crippen LogP contribution is 2.19. The number of rotatable bonds is 2. The average molecular weight is 247 g/mol. The first-order valence-electron chi connectivity index (χ1n) is 3.86. The molecule has 1 aromatic carbocycles. The zero-order chi connectivity index (χ0) is 9.84. The molecule has 1 atom stereocenters. The van der Waals surface area contributed by atoms with Crippen LogP contribution in [0.25, 0.3) is 0 Å². The summed E-state index contributed by atoms with van der Waals surface area (Å²) in [7, 11) is 0. The molecule has 0 N–H and O–H groups in total. The Balaban J connectivity index is 3.00. The lowest BCUT2D eigenvalue weighted by atomic mass is 10.0. The number of benzene rings is 1. The van der Waals surface area contributed by atoms with Gasteiger partial charge in [0, 0.05) is 6.07 Å². The maximum Gasteiger partial charge on any atom is 0.126 e. The van der Waals surface area contributed by atoms with E-state index in [2.05, 4.69) is 15.9 Å². The number of hydrogen-bond donors (Lipinski definition) is 0. The van der Waals surface area contributed by atoms with Crippen LogP contribution in [0.2, 0.25) is 0 Å². The molecule has 0 heterocycles. The molecule has 0 fully saturated rings. The van der Waals surface area contributed by atoms with E-state index in [4.69, 9.17) is 0 Å². The molecular formula is C10H9BrF2. The second-order valence-electron chi connectivity index (χ2n) is 2.81. The van der Waals surface area contributed by atoms with Gasteiger partial charge in [-0.2, -0.15) is 0 Å². The molecule has 3 heteroatoms. The van der Waals surface area contributed by atoms with Crippen LogP contribution in [0.4, 0.5) is 8.78 Å². The van der Waals surface area contributed by atoms with Gasteiger partial charge < -0.3 is 0 Å². The third-order valence-electron chi connectivity index (χ3n) is 1.77. The molecule has 0 nitrogen and oxygen atoms in total. The number of hydrogen-bond acceptors (Lipinski definition) is 0. The Hall–Kier alpha value is -0.700. The van der Waals surface area contributed by atoms with Crippen LogP contribution in [0.3, 0.4) is 0 Å². The van der Waals surface area contributed by atoms with Crippen molar-refractivity contribution in [2.45, 2.75) is 12.8 Å². The van der Waals surface area contributed by atoms with E-state index in [0.717, 1.165) is 6.07 Å². The van der Waals surface area contributed by atoms with Crippen LogP contribution in [0.15, 0.2) is 29.3 Å². The molecule has 13 heavy (non-hydrogen) atoms. The van der Waals surface area contributed by atoms with Crippen LogP contribution in [0, 0.1) is 11.6 Å². The maximum absolute atomic E-state index is 12.8. The van der Waals surface area contributed by atoms with Crippen molar-refractivity contribution < 1.29 is 8.78 Å². The molecule has 0 saturated heterocycles. The lowest BCUT2D eigenvalue weighted by molar-refractivity contribution is 0.578. The maximum atomic E-state index is 12.8. The van der Waals surface area contributed by atoms with Gasteiger partial charge >= 0.3 is 0 Å². The van der Waals surface area contributed by atoms with E-state index in [1.165, 1.54) is 12.1 Å². The van der Waals surface area contributed by atoms with Crippen LogP contribution in [0.1, 0.15) is 18.4 Å². The smallest absolute Gasteiger partial charge is 0.126 e. The Morgan fingerprint density at radius 3 is 2.23 bits per heavy atom. The minimum absolute atomic E-state index is 0.00424. The summed E-state index contributed by atoms with van der Waals surface area (Å²) in [5, 5.41) is 0. The third kappa shape index (κ3) is 2.92. The molecule has 0 aliphatic rings. The van der Waals surface area contributed by atoms with Crippen molar-refractivity contribution in [3.63, 3.8) is 0 Å². The second kappa shape index (κ2) is 4.51. The van der Waals surface area contributed by atoms with Gasteiger partial charge in [-0.05, 0) is 28.6 Å². The summed E-state index contributed by atoms with van der Waals surface area (Å²) in [5.41, 5.74) is 0.633. The number of allylic oxidation sites excluding steroid dienone is 1. The molecule has 0 spiro atoms. The standard InChI is InChI=1S/C10H9BrF2/c1-7(2-3-11)8-4-9(12)6-10(13)5-8/h2-7H,1H3/b3-2+. The Morgan fingerprint density at radius 1 is 1.23 bits per heavy atom. The molecule has 0 aromatic heterocycles. The van der Waals surface area contributed by atoms with Crippen molar-refractivity contribution in [2.75, 3.05) is 0 Å². The molecule has 70 valence electrons. The summed E-state index contributed by atoms with van der Waals surface area (Å²) < 4.78 is 25.5. The Bertz CT molecular complexity index is 300.